The van der Waals surface area contributed by atoms with E-state index in [1.54, 1.807) is 4.90 Å². The minimum atomic E-state index is -0.854. The Morgan fingerprint density at radius 2 is 1.65 bits per heavy atom. The predicted molar refractivity (Wildman–Crippen MR) is 178 cm³/mol. The van der Waals surface area contributed by atoms with E-state index in [0.717, 1.165) is 38.2 Å². The van der Waals surface area contributed by atoms with Crippen molar-refractivity contribution in [2.24, 2.45) is 5.73 Å². The average Bonchev–Trinajstić information content (AvgIpc) is 3.33. The molecule has 43 heavy (non-hydrogen) atoms. The number of nitrogens with zero attached hydrogens (tertiary/aromatic N) is 2. The van der Waals surface area contributed by atoms with Crippen molar-refractivity contribution in [3.63, 3.8) is 0 Å². The summed E-state index contributed by atoms with van der Waals surface area (Å²) in [7, 11) is 0. The van der Waals surface area contributed by atoms with Crippen LogP contribution in [-0.2, 0) is 20.8 Å². The largest absolute Gasteiger partial charge is 0.383 e. The molecule has 2 aromatic rings. The summed E-state index contributed by atoms with van der Waals surface area (Å²) in [5.74, 6) is 0.191. The Kier molecular flexibility index (Phi) is 13.8. The molecule has 3 atom stereocenters. The van der Waals surface area contributed by atoms with Gasteiger partial charge in [-0.1, -0.05) is 52.0 Å². The second-order valence-electron chi connectivity index (χ2n) is 11.2. The SMILES string of the molecule is CCN(CC)CCNC(=O)CCCc1ccc(NC[C@H]2SC([C@H](N)C(=O)Nc3ccc(C(C)C)cc3)N(CC)C2=O)cc1. The molecule has 0 spiro atoms. The molecule has 2 aromatic carbocycles. The normalized spacial score (nSPS) is 17.4. The van der Waals surface area contributed by atoms with Gasteiger partial charge in [0.25, 0.3) is 0 Å². The number of hydrogen-bond acceptors (Lipinski definition) is 7. The smallest absolute Gasteiger partial charge is 0.244 e. The first-order chi connectivity index (χ1) is 20.7. The molecule has 1 fully saturated rings. The monoisotopic (exact) mass is 610 g/mol. The second kappa shape index (κ2) is 17.3. The molecule has 3 amide bonds. The number of carbonyl (C=O) groups is 3. The molecule has 9 nitrogen and oxygen atoms in total. The van der Waals surface area contributed by atoms with Crippen LogP contribution in [0.4, 0.5) is 11.4 Å². The van der Waals surface area contributed by atoms with Crippen LogP contribution in [0.2, 0.25) is 0 Å². The number of hydrogen-bond donors (Lipinski definition) is 4. The number of nitrogens with two attached hydrogens (primary N) is 1. The molecular weight excluding hydrogens is 560 g/mol. The van der Waals surface area contributed by atoms with Crippen molar-refractivity contribution in [1.29, 1.82) is 0 Å². The number of thioether (sulfide) groups is 1. The van der Waals surface area contributed by atoms with Crippen molar-refractivity contribution in [2.45, 2.75) is 76.5 Å². The summed E-state index contributed by atoms with van der Waals surface area (Å²) in [6.45, 7) is 14.9. The number of amides is 3. The van der Waals surface area contributed by atoms with E-state index < -0.39 is 11.4 Å². The van der Waals surface area contributed by atoms with Gasteiger partial charge in [-0.3, -0.25) is 14.4 Å². The second-order valence-corrected chi connectivity index (χ2v) is 12.6. The van der Waals surface area contributed by atoms with Crippen LogP contribution in [0.3, 0.4) is 0 Å². The van der Waals surface area contributed by atoms with Crippen LogP contribution in [-0.4, -0.2) is 83.5 Å². The molecule has 0 saturated carbocycles. The molecule has 5 N–H and O–H groups in total. The van der Waals surface area contributed by atoms with Gasteiger partial charge in [0.15, 0.2) is 0 Å². The molecule has 10 heteroatoms. The highest BCUT2D eigenvalue weighted by molar-refractivity contribution is 8.01. The van der Waals surface area contributed by atoms with Crippen LogP contribution in [0.25, 0.3) is 0 Å². The molecule has 1 saturated heterocycles. The summed E-state index contributed by atoms with van der Waals surface area (Å²) >= 11 is 1.44. The van der Waals surface area contributed by atoms with E-state index in [0.29, 0.717) is 37.7 Å². The standard InChI is InChI=1S/C33H50N6O3S/c1-6-38(7-2)21-20-35-29(40)11-9-10-24-12-16-26(17-13-24)36-22-28-32(42)39(8-3)33(43-28)30(34)31(41)37-27-18-14-25(15-19-27)23(4)5/h12-19,23,28,30,33,36H,6-11,20-22,34H2,1-5H3,(H,35,40)(H,37,41)/t28-,30-,33?/m1/s1. The third-order valence-corrected chi connectivity index (χ3v) is 9.45. The summed E-state index contributed by atoms with van der Waals surface area (Å²) < 4.78 is 0. The Hall–Kier alpha value is -3.08. The third-order valence-electron chi connectivity index (χ3n) is 7.92. The molecule has 1 aliphatic heterocycles. The van der Waals surface area contributed by atoms with Crippen molar-refractivity contribution >= 4 is 40.9 Å². The number of aryl methyl sites for hydroxylation is 1. The summed E-state index contributed by atoms with van der Waals surface area (Å²) in [5.41, 5.74) is 10.4. The number of nitrogens with one attached hydrogen (secondary N) is 3. The maximum Gasteiger partial charge on any atom is 0.244 e. The van der Waals surface area contributed by atoms with Gasteiger partial charge in [-0.15, -0.1) is 11.8 Å². The molecule has 236 valence electrons. The fourth-order valence-electron chi connectivity index (χ4n) is 5.10. The molecular formula is C33H50N6O3S. The van der Waals surface area contributed by atoms with Crippen LogP contribution >= 0.6 is 11.8 Å². The van der Waals surface area contributed by atoms with Crippen LogP contribution in [0.15, 0.2) is 48.5 Å². The van der Waals surface area contributed by atoms with Gasteiger partial charge in [0.2, 0.25) is 17.7 Å². The van der Waals surface area contributed by atoms with E-state index in [9.17, 15) is 14.4 Å². The molecule has 0 bridgehead atoms. The maximum atomic E-state index is 13.2. The molecule has 1 aliphatic rings. The maximum absolute atomic E-state index is 13.2. The van der Waals surface area contributed by atoms with Crippen molar-refractivity contribution in [1.82, 2.24) is 15.1 Å². The van der Waals surface area contributed by atoms with E-state index in [4.69, 9.17) is 5.73 Å². The fourth-order valence-corrected chi connectivity index (χ4v) is 6.56. The zero-order chi connectivity index (χ0) is 31.4. The number of likely N-dealkylation sites (N-methyl/N-ethyl adjacent to an activating group) is 2. The Labute approximate surface area is 261 Å². The lowest BCUT2D eigenvalue weighted by Crippen LogP contribution is -2.50. The Balaban J connectivity index is 1.44. The number of carbonyl (C=O) groups excluding carboxylic acids is 3. The van der Waals surface area contributed by atoms with E-state index in [2.05, 4.69) is 60.7 Å². The molecule has 0 radical (unpaired) electrons. The highest BCUT2D eigenvalue weighted by Crippen LogP contribution is 2.33. The molecule has 0 aliphatic carbocycles. The summed E-state index contributed by atoms with van der Waals surface area (Å²) in [5, 5.41) is 8.51. The topological polar surface area (TPSA) is 120 Å². The average molecular weight is 611 g/mol. The predicted octanol–water partition coefficient (Wildman–Crippen LogP) is 4.26. The van der Waals surface area contributed by atoms with Gasteiger partial charge in [0.1, 0.15) is 16.7 Å². The molecule has 1 unspecified atom stereocenters. The number of benzene rings is 2. The molecule has 3 rings (SSSR count). The van der Waals surface area contributed by atoms with Crippen molar-refractivity contribution < 1.29 is 14.4 Å². The highest BCUT2D eigenvalue weighted by atomic mass is 32.2. The first-order valence-corrected chi connectivity index (χ1v) is 16.5. The number of rotatable bonds is 17. The Bertz CT molecular complexity index is 1170. The van der Waals surface area contributed by atoms with Crippen LogP contribution < -0.4 is 21.7 Å². The summed E-state index contributed by atoms with van der Waals surface area (Å²) in [4.78, 5) is 42.3. The lowest BCUT2D eigenvalue weighted by Gasteiger charge is -2.26. The van der Waals surface area contributed by atoms with Crippen LogP contribution in [0, 0.1) is 0 Å². The lowest BCUT2D eigenvalue weighted by atomic mass is 10.0. The summed E-state index contributed by atoms with van der Waals surface area (Å²) in [6.07, 6.45) is 2.14. The summed E-state index contributed by atoms with van der Waals surface area (Å²) in [6, 6.07) is 15.0. The first kappa shape index (κ1) is 34.4. The Morgan fingerprint density at radius 3 is 2.26 bits per heavy atom. The van der Waals surface area contributed by atoms with Crippen molar-refractivity contribution in [2.75, 3.05) is 49.9 Å². The van der Waals surface area contributed by atoms with Gasteiger partial charge in [-0.2, -0.15) is 0 Å². The van der Waals surface area contributed by atoms with Crippen LogP contribution in [0.5, 0.6) is 0 Å². The molecule has 0 aromatic heterocycles. The lowest BCUT2D eigenvalue weighted by molar-refractivity contribution is -0.130. The zero-order valence-corrected chi connectivity index (χ0v) is 27.2. The first-order valence-electron chi connectivity index (χ1n) is 15.6. The van der Waals surface area contributed by atoms with Gasteiger partial charge in [0, 0.05) is 44.0 Å². The minimum absolute atomic E-state index is 0.0125. The van der Waals surface area contributed by atoms with Gasteiger partial charge < -0.3 is 31.5 Å². The number of anilines is 2. The van der Waals surface area contributed by atoms with Crippen LogP contribution in [0.1, 0.15) is 64.5 Å². The van der Waals surface area contributed by atoms with Crippen molar-refractivity contribution in [3.8, 4) is 0 Å². The van der Waals surface area contributed by atoms with Gasteiger partial charge >= 0.3 is 0 Å². The zero-order valence-electron chi connectivity index (χ0n) is 26.4. The fraction of sp³-hybridized carbons (Fsp3) is 0.545. The van der Waals surface area contributed by atoms with E-state index in [1.807, 2.05) is 43.3 Å². The van der Waals surface area contributed by atoms with E-state index in [-0.39, 0.29) is 23.0 Å². The quantitative estimate of drug-likeness (QED) is 0.211. The minimum Gasteiger partial charge on any atom is -0.383 e. The van der Waals surface area contributed by atoms with E-state index >= 15 is 0 Å². The van der Waals surface area contributed by atoms with E-state index in [1.165, 1.54) is 22.9 Å². The molecule has 1 heterocycles. The third kappa shape index (κ3) is 10.3. The van der Waals surface area contributed by atoms with Gasteiger partial charge in [-0.05, 0) is 74.2 Å². The Morgan fingerprint density at radius 1 is 1.00 bits per heavy atom. The van der Waals surface area contributed by atoms with Crippen molar-refractivity contribution in [3.05, 3.63) is 59.7 Å². The van der Waals surface area contributed by atoms with Gasteiger partial charge in [-0.25, -0.2) is 0 Å². The highest BCUT2D eigenvalue weighted by Gasteiger charge is 2.44. The van der Waals surface area contributed by atoms with Gasteiger partial charge in [0.05, 0.1) is 0 Å².